The van der Waals surface area contributed by atoms with Gasteiger partial charge in [-0.2, -0.15) is 0 Å². The van der Waals surface area contributed by atoms with Crippen LogP contribution < -0.4 is 4.90 Å². The van der Waals surface area contributed by atoms with Gasteiger partial charge in [0.2, 0.25) is 5.91 Å². The van der Waals surface area contributed by atoms with E-state index in [2.05, 4.69) is 53.2 Å². The van der Waals surface area contributed by atoms with Crippen LogP contribution in [0, 0.1) is 6.92 Å². The van der Waals surface area contributed by atoms with Gasteiger partial charge in [0, 0.05) is 42.8 Å². The number of aromatic nitrogens is 1. The molecular weight excluding hydrogens is 354 g/mol. The van der Waals surface area contributed by atoms with Crippen LogP contribution in [0.15, 0.2) is 60.0 Å². The van der Waals surface area contributed by atoms with Crippen molar-refractivity contribution in [3.05, 3.63) is 71.2 Å². The fourth-order valence-corrected chi connectivity index (χ4v) is 4.23. The average molecular weight is 378 g/mol. The molecule has 0 bridgehead atoms. The van der Waals surface area contributed by atoms with Gasteiger partial charge in [0.25, 0.3) is 0 Å². The van der Waals surface area contributed by atoms with E-state index >= 15 is 0 Å². The molecule has 0 saturated carbocycles. The molecule has 2 aromatic carbocycles. The van der Waals surface area contributed by atoms with Crippen LogP contribution in [0.4, 0.5) is 5.69 Å². The minimum absolute atomic E-state index is 0.170. The number of hydrogen-bond donors (Lipinski definition) is 0. The largest absolute Gasteiger partial charge is 0.368 e. The normalized spacial score (nSPS) is 14.4. The first kappa shape index (κ1) is 17.7. The molecule has 27 heavy (non-hydrogen) atoms. The number of hydrogen-bond acceptors (Lipinski definition) is 4. The molecule has 4 nitrogen and oxygen atoms in total. The van der Waals surface area contributed by atoms with E-state index in [0.717, 1.165) is 42.4 Å². The van der Waals surface area contributed by atoms with Crippen molar-refractivity contribution in [1.29, 1.82) is 0 Å². The highest BCUT2D eigenvalue weighted by Gasteiger charge is 2.22. The zero-order chi connectivity index (χ0) is 18.6. The Hall–Kier alpha value is -2.66. The van der Waals surface area contributed by atoms with E-state index < -0.39 is 0 Å². The second kappa shape index (κ2) is 7.92. The Morgan fingerprint density at radius 3 is 2.56 bits per heavy atom. The molecular formula is C22H23N3OS. The van der Waals surface area contributed by atoms with E-state index in [9.17, 15) is 4.79 Å². The zero-order valence-corrected chi connectivity index (χ0v) is 16.3. The summed E-state index contributed by atoms with van der Waals surface area (Å²) in [5.41, 5.74) is 4.48. The van der Waals surface area contributed by atoms with Crippen molar-refractivity contribution in [2.45, 2.75) is 13.3 Å². The fourth-order valence-electron chi connectivity index (χ4n) is 3.41. The van der Waals surface area contributed by atoms with Gasteiger partial charge >= 0.3 is 0 Å². The van der Waals surface area contributed by atoms with Gasteiger partial charge < -0.3 is 9.80 Å². The first-order valence-electron chi connectivity index (χ1n) is 9.28. The van der Waals surface area contributed by atoms with Crippen molar-refractivity contribution in [3.8, 4) is 10.6 Å². The van der Waals surface area contributed by atoms with Gasteiger partial charge in [-0.3, -0.25) is 4.79 Å². The Labute approximate surface area is 164 Å². The van der Waals surface area contributed by atoms with Crippen molar-refractivity contribution in [2.75, 3.05) is 31.1 Å². The lowest BCUT2D eigenvalue weighted by Crippen LogP contribution is -2.49. The predicted octanol–water partition coefficient (Wildman–Crippen LogP) is 4.01. The third-order valence-corrected chi connectivity index (χ3v) is 5.84. The van der Waals surface area contributed by atoms with Crippen LogP contribution in [0.1, 0.15) is 11.3 Å². The summed E-state index contributed by atoms with van der Waals surface area (Å²) in [6, 6.07) is 18.7. The molecule has 0 spiro atoms. The highest BCUT2D eigenvalue weighted by Crippen LogP contribution is 2.24. The van der Waals surface area contributed by atoms with Crippen molar-refractivity contribution < 1.29 is 4.79 Å². The second-order valence-corrected chi connectivity index (χ2v) is 7.75. The Morgan fingerprint density at radius 1 is 1.04 bits per heavy atom. The number of carbonyl (C=O) groups excluding carboxylic acids is 1. The molecule has 1 aliphatic heterocycles. The molecule has 0 radical (unpaired) electrons. The molecule has 4 rings (SSSR count). The Balaban J connectivity index is 1.34. The summed E-state index contributed by atoms with van der Waals surface area (Å²) in [6.07, 6.45) is 0.383. The Kier molecular flexibility index (Phi) is 5.21. The summed E-state index contributed by atoms with van der Waals surface area (Å²) in [6.45, 7) is 5.40. The molecule has 2 heterocycles. The van der Waals surface area contributed by atoms with Crippen LogP contribution in [0.5, 0.6) is 0 Å². The third-order valence-electron chi connectivity index (χ3n) is 4.90. The Bertz CT molecular complexity index is 914. The molecule has 0 N–H and O–H groups in total. The minimum atomic E-state index is 0.170. The van der Waals surface area contributed by atoms with Crippen LogP contribution in [0.3, 0.4) is 0 Å². The van der Waals surface area contributed by atoms with E-state index in [1.54, 1.807) is 11.3 Å². The number of carbonyl (C=O) groups is 1. The molecule has 0 aliphatic carbocycles. The number of thiazole rings is 1. The van der Waals surface area contributed by atoms with Gasteiger partial charge in [-0.15, -0.1) is 11.3 Å². The van der Waals surface area contributed by atoms with Gasteiger partial charge in [-0.1, -0.05) is 42.5 Å². The molecule has 0 unspecified atom stereocenters. The summed E-state index contributed by atoms with van der Waals surface area (Å²) in [5, 5.41) is 2.98. The second-order valence-electron chi connectivity index (χ2n) is 6.89. The number of amides is 1. The number of rotatable bonds is 4. The average Bonchev–Trinajstić information content (AvgIpc) is 3.17. The van der Waals surface area contributed by atoms with Crippen LogP contribution >= 0.6 is 11.3 Å². The quantitative estimate of drug-likeness (QED) is 0.689. The smallest absolute Gasteiger partial charge is 0.228 e. The minimum Gasteiger partial charge on any atom is -0.368 e. The van der Waals surface area contributed by atoms with Gasteiger partial charge in [-0.25, -0.2) is 4.98 Å². The van der Waals surface area contributed by atoms with Crippen molar-refractivity contribution in [1.82, 2.24) is 9.88 Å². The van der Waals surface area contributed by atoms with Gasteiger partial charge in [0.05, 0.1) is 12.1 Å². The van der Waals surface area contributed by atoms with E-state index in [4.69, 9.17) is 0 Å². The van der Waals surface area contributed by atoms with Crippen LogP contribution in [-0.2, 0) is 11.2 Å². The van der Waals surface area contributed by atoms with Crippen molar-refractivity contribution in [2.24, 2.45) is 0 Å². The maximum atomic E-state index is 12.7. The van der Waals surface area contributed by atoms with Gasteiger partial charge in [0.1, 0.15) is 5.01 Å². The lowest BCUT2D eigenvalue weighted by molar-refractivity contribution is -0.130. The number of nitrogens with zero attached hydrogens (tertiary/aromatic N) is 3. The summed E-state index contributed by atoms with van der Waals surface area (Å²) in [4.78, 5) is 21.7. The SMILES string of the molecule is Cc1cccc(N2CCN(C(=O)Cc3csc(-c4ccccc4)n3)CC2)c1. The lowest BCUT2D eigenvalue weighted by Gasteiger charge is -2.36. The van der Waals surface area contributed by atoms with Gasteiger partial charge in [0.15, 0.2) is 0 Å². The number of piperazine rings is 1. The third kappa shape index (κ3) is 4.19. The summed E-state index contributed by atoms with van der Waals surface area (Å²) in [5.74, 6) is 0.170. The maximum absolute atomic E-state index is 12.7. The monoisotopic (exact) mass is 377 g/mol. The van der Waals surface area contributed by atoms with Crippen molar-refractivity contribution in [3.63, 3.8) is 0 Å². The number of aryl methyl sites for hydroxylation is 1. The molecule has 138 valence electrons. The topological polar surface area (TPSA) is 36.4 Å². The lowest BCUT2D eigenvalue weighted by atomic mass is 10.2. The van der Waals surface area contributed by atoms with Gasteiger partial charge in [-0.05, 0) is 24.6 Å². The highest BCUT2D eigenvalue weighted by atomic mass is 32.1. The van der Waals surface area contributed by atoms with Crippen molar-refractivity contribution >= 4 is 22.9 Å². The van der Waals surface area contributed by atoms with E-state index in [0.29, 0.717) is 6.42 Å². The molecule has 5 heteroatoms. The molecule has 0 atom stereocenters. The first-order chi connectivity index (χ1) is 13.2. The Morgan fingerprint density at radius 2 is 1.81 bits per heavy atom. The number of benzene rings is 2. The van der Waals surface area contributed by atoms with Crippen LogP contribution in [0.2, 0.25) is 0 Å². The predicted molar refractivity (Wildman–Crippen MR) is 111 cm³/mol. The molecule has 1 fully saturated rings. The first-order valence-corrected chi connectivity index (χ1v) is 10.2. The van der Waals surface area contributed by atoms with E-state index in [1.807, 2.05) is 28.5 Å². The summed E-state index contributed by atoms with van der Waals surface area (Å²) in [7, 11) is 0. The van der Waals surface area contributed by atoms with E-state index in [-0.39, 0.29) is 5.91 Å². The zero-order valence-electron chi connectivity index (χ0n) is 15.5. The number of anilines is 1. The summed E-state index contributed by atoms with van der Waals surface area (Å²) >= 11 is 1.60. The molecule has 1 saturated heterocycles. The van der Waals surface area contributed by atoms with E-state index in [1.165, 1.54) is 11.3 Å². The molecule has 1 aliphatic rings. The van der Waals surface area contributed by atoms with Crippen LogP contribution in [0.25, 0.3) is 10.6 Å². The standard InChI is InChI=1S/C22H23N3OS/c1-17-6-5-9-20(14-17)24-10-12-25(13-11-24)21(26)15-19-16-27-22(23-19)18-7-3-2-4-8-18/h2-9,14,16H,10-13,15H2,1H3. The van der Waals surface area contributed by atoms with Crippen LogP contribution in [-0.4, -0.2) is 42.0 Å². The summed E-state index contributed by atoms with van der Waals surface area (Å²) < 4.78 is 0. The molecule has 1 amide bonds. The maximum Gasteiger partial charge on any atom is 0.228 e. The fraction of sp³-hybridized carbons (Fsp3) is 0.273. The molecule has 1 aromatic heterocycles. The highest BCUT2D eigenvalue weighted by molar-refractivity contribution is 7.13. The molecule has 3 aromatic rings.